The lowest BCUT2D eigenvalue weighted by molar-refractivity contribution is -0.138. The summed E-state index contributed by atoms with van der Waals surface area (Å²) in [6.45, 7) is -0.638. The summed E-state index contributed by atoms with van der Waals surface area (Å²) in [5.74, 6) is -0.979. The average molecular weight is 358 g/mol. The molecule has 0 saturated carbocycles. The second-order valence-electron chi connectivity index (χ2n) is 4.68. The van der Waals surface area contributed by atoms with Crippen LogP contribution in [0.2, 0.25) is 0 Å². The van der Waals surface area contributed by atoms with E-state index in [1.54, 1.807) is 6.07 Å². The first-order chi connectivity index (χ1) is 11.2. The van der Waals surface area contributed by atoms with Crippen LogP contribution < -0.4 is 4.74 Å². The highest BCUT2D eigenvalue weighted by Gasteiger charge is 2.33. The van der Waals surface area contributed by atoms with Gasteiger partial charge in [0.15, 0.2) is 0 Å². The molecule has 0 fully saturated rings. The zero-order valence-corrected chi connectivity index (χ0v) is 12.6. The van der Waals surface area contributed by atoms with Crippen molar-refractivity contribution in [2.75, 3.05) is 0 Å². The number of carbonyl (C=O) groups excluding carboxylic acids is 1. The van der Waals surface area contributed by atoms with Crippen molar-refractivity contribution in [2.45, 2.75) is 12.8 Å². The van der Waals surface area contributed by atoms with E-state index in [9.17, 15) is 22.4 Å². The monoisotopic (exact) mass is 357 g/mol. The first kappa shape index (κ1) is 17.8. The predicted molar refractivity (Wildman–Crippen MR) is 77.1 cm³/mol. The van der Waals surface area contributed by atoms with Gasteiger partial charge in [0.2, 0.25) is 0 Å². The topological polar surface area (TPSA) is 50.1 Å². The second kappa shape index (κ2) is 6.89. The Morgan fingerprint density at radius 2 is 1.92 bits per heavy atom. The molecule has 2 aromatic carbocycles. The molecule has 0 saturated heterocycles. The van der Waals surface area contributed by atoms with Gasteiger partial charge < -0.3 is 4.74 Å². The zero-order chi connectivity index (χ0) is 17.9. The van der Waals surface area contributed by atoms with Gasteiger partial charge in [-0.15, -0.1) is 0 Å². The van der Waals surface area contributed by atoms with E-state index in [0.717, 1.165) is 6.07 Å². The maximum Gasteiger partial charge on any atom is 0.416 e. The van der Waals surface area contributed by atoms with E-state index in [-0.39, 0.29) is 16.9 Å². The molecule has 0 amide bonds. The molecule has 0 spiro atoms. The quantitative estimate of drug-likeness (QED) is 0.590. The van der Waals surface area contributed by atoms with Crippen molar-refractivity contribution in [3.8, 4) is 11.8 Å². The Kier molecular flexibility index (Phi) is 5.10. The second-order valence-corrected chi connectivity index (χ2v) is 5.03. The van der Waals surface area contributed by atoms with Gasteiger partial charge in [0.05, 0.1) is 11.1 Å². The van der Waals surface area contributed by atoms with Crippen molar-refractivity contribution in [1.29, 1.82) is 5.26 Å². The standard InChI is InChI=1S/C16H8ClF4NO2/c17-15(23)9-1-2-10(7-22)14(6-9)24-8-11-5-12(18)3-4-13(11)16(19,20)21/h1-6H,8H2. The van der Waals surface area contributed by atoms with Gasteiger partial charge in [0.1, 0.15) is 24.2 Å². The summed E-state index contributed by atoms with van der Waals surface area (Å²) in [6, 6.07) is 7.45. The highest BCUT2D eigenvalue weighted by molar-refractivity contribution is 6.67. The third-order valence-corrected chi connectivity index (χ3v) is 3.30. The number of hydrogen-bond acceptors (Lipinski definition) is 3. The lowest BCUT2D eigenvalue weighted by atomic mass is 10.1. The molecule has 8 heteroatoms. The van der Waals surface area contributed by atoms with Crippen LogP contribution >= 0.6 is 11.6 Å². The molecule has 3 nitrogen and oxygen atoms in total. The minimum Gasteiger partial charge on any atom is -0.487 e. The molecular formula is C16H8ClF4NO2. The van der Waals surface area contributed by atoms with Gasteiger partial charge >= 0.3 is 6.18 Å². The normalized spacial score (nSPS) is 11.0. The van der Waals surface area contributed by atoms with E-state index in [2.05, 4.69) is 0 Å². The third-order valence-electron chi connectivity index (χ3n) is 3.08. The summed E-state index contributed by atoms with van der Waals surface area (Å²) >= 11 is 5.32. The smallest absolute Gasteiger partial charge is 0.416 e. The number of benzene rings is 2. The molecule has 0 aromatic heterocycles. The van der Waals surface area contributed by atoms with Crippen LogP contribution in [0.5, 0.6) is 5.75 Å². The van der Waals surface area contributed by atoms with Crippen LogP contribution in [0.3, 0.4) is 0 Å². The summed E-state index contributed by atoms with van der Waals surface area (Å²) in [6.07, 6.45) is -4.68. The maximum absolute atomic E-state index is 13.2. The summed E-state index contributed by atoms with van der Waals surface area (Å²) in [7, 11) is 0. The van der Waals surface area contributed by atoms with Gasteiger partial charge in [-0.3, -0.25) is 4.79 Å². The van der Waals surface area contributed by atoms with E-state index in [1.807, 2.05) is 0 Å². The highest BCUT2D eigenvalue weighted by atomic mass is 35.5. The van der Waals surface area contributed by atoms with Crippen LogP contribution in [-0.4, -0.2) is 5.24 Å². The number of hydrogen-bond donors (Lipinski definition) is 0. The van der Waals surface area contributed by atoms with Crippen LogP contribution in [-0.2, 0) is 12.8 Å². The molecule has 0 heterocycles. The fourth-order valence-electron chi connectivity index (χ4n) is 1.97. The molecule has 0 N–H and O–H groups in total. The van der Waals surface area contributed by atoms with E-state index in [1.165, 1.54) is 12.1 Å². The molecular weight excluding hydrogens is 350 g/mol. The number of halogens is 5. The van der Waals surface area contributed by atoms with Crippen molar-refractivity contribution >= 4 is 16.8 Å². The molecule has 0 aliphatic heterocycles. The Balaban J connectivity index is 2.35. The minimum atomic E-state index is -4.68. The van der Waals surface area contributed by atoms with E-state index < -0.39 is 35.0 Å². The predicted octanol–water partition coefficient (Wildman–Crippen LogP) is 4.67. The van der Waals surface area contributed by atoms with Crippen molar-refractivity contribution in [1.82, 2.24) is 0 Å². The molecule has 0 unspecified atom stereocenters. The fraction of sp³-hybridized carbons (Fsp3) is 0.125. The Hall–Kier alpha value is -2.59. The van der Waals surface area contributed by atoms with Crippen LogP contribution in [0.15, 0.2) is 36.4 Å². The molecule has 0 aliphatic rings. The largest absolute Gasteiger partial charge is 0.487 e. The van der Waals surface area contributed by atoms with E-state index >= 15 is 0 Å². The van der Waals surface area contributed by atoms with E-state index in [4.69, 9.17) is 21.6 Å². The first-order valence-corrected chi connectivity index (χ1v) is 6.82. The number of rotatable bonds is 4. The summed E-state index contributed by atoms with van der Waals surface area (Å²) in [5.41, 5.74) is -1.47. The van der Waals surface area contributed by atoms with Crippen molar-refractivity contribution in [3.63, 3.8) is 0 Å². The Morgan fingerprint density at radius 3 is 2.50 bits per heavy atom. The number of nitrogens with zero attached hydrogens (tertiary/aromatic N) is 1. The zero-order valence-electron chi connectivity index (χ0n) is 11.8. The van der Waals surface area contributed by atoms with Gasteiger partial charge in [0.25, 0.3) is 5.24 Å². The molecule has 0 bridgehead atoms. The summed E-state index contributed by atoms with van der Waals surface area (Å²) in [4.78, 5) is 11.1. The van der Waals surface area contributed by atoms with Gasteiger partial charge in [-0.2, -0.15) is 18.4 Å². The first-order valence-electron chi connectivity index (χ1n) is 6.45. The number of nitriles is 1. The van der Waals surface area contributed by atoms with Crippen LogP contribution in [0.25, 0.3) is 0 Å². The van der Waals surface area contributed by atoms with Gasteiger partial charge in [-0.05, 0) is 48.0 Å². The lowest BCUT2D eigenvalue weighted by Gasteiger charge is -2.14. The summed E-state index contributed by atoms with van der Waals surface area (Å²) < 4.78 is 57.2. The van der Waals surface area contributed by atoms with Gasteiger partial charge in [0, 0.05) is 11.1 Å². The van der Waals surface area contributed by atoms with Crippen molar-refractivity contribution < 1.29 is 27.1 Å². The van der Waals surface area contributed by atoms with Crippen molar-refractivity contribution in [2.24, 2.45) is 0 Å². The highest BCUT2D eigenvalue weighted by Crippen LogP contribution is 2.33. The Bertz CT molecular complexity index is 828. The Morgan fingerprint density at radius 1 is 1.21 bits per heavy atom. The SMILES string of the molecule is N#Cc1ccc(C(=O)Cl)cc1OCc1cc(F)ccc1C(F)(F)F. The van der Waals surface area contributed by atoms with Crippen LogP contribution in [0, 0.1) is 17.1 Å². The minimum absolute atomic E-state index is 0.00151. The molecule has 0 atom stereocenters. The molecule has 0 radical (unpaired) electrons. The molecule has 2 rings (SSSR count). The Labute approximate surface area is 139 Å². The number of alkyl halides is 3. The lowest BCUT2D eigenvalue weighted by Crippen LogP contribution is -2.11. The molecule has 124 valence electrons. The third kappa shape index (κ3) is 4.03. The van der Waals surface area contributed by atoms with Gasteiger partial charge in [-0.1, -0.05) is 0 Å². The molecule has 2 aromatic rings. The maximum atomic E-state index is 13.2. The molecule has 24 heavy (non-hydrogen) atoms. The van der Waals surface area contributed by atoms with Gasteiger partial charge in [-0.25, -0.2) is 4.39 Å². The summed E-state index contributed by atoms with van der Waals surface area (Å²) in [5, 5.41) is 8.17. The molecule has 0 aliphatic carbocycles. The van der Waals surface area contributed by atoms with Crippen LogP contribution in [0.4, 0.5) is 17.6 Å². The average Bonchev–Trinajstić information content (AvgIpc) is 2.51. The van der Waals surface area contributed by atoms with E-state index in [0.29, 0.717) is 18.2 Å². The number of ether oxygens (including phenoxy) is 1. The van der Waals surface area contributed by atoms with Crippen molar-refractivity contribution in [3.05, 3.63) is 64.5 Å². The fourth-order valence-corrected chi connectivity index (χ4v) is 2.09. The number of carbonyl (C=O) groups is 1. The van der Waals surface area contributed by atoms with Crippen LogP contribution in [0.1, 0.15) is 27.0 Å².